The molecule has 136 valence electrons. The van der Waals surface area contributed by atoms with Gasteiger partial charge in [-0.2, -0.15) is 0 Å². The van der Waals surface area contributed by atoms with Gasteiger partial charge in [0.05, 0.1) is 9.99 Å². The van der Waals surface area contributed by atoms with Gasteiger partial charge in [-0.15, -0.1) is 0 Å². The van der Waals surface area contributed by atoms with E-state index in [9.17, 15) is 5.11 Å². The molecule has 0 atom stereocenters. The zero-order valence-electron chi connectivity index (χ0n) is 14.9. The van der Waals surface area contributed by atoms with Crippen LogP contribution in [-0.2, 0) is 6.42 Å². The first-order valence-corrected chi connectivity index (χ1v) is 9.81. The highest BCUT2D eigenvalue weighted by molar-refractivity contribution is 9.10. The van der Waals surface area contributed by atoms with E-state index in [1.54, 1.807) is 6.07 Å². The molecule has 4 heteroatoms. The van der Waals surface area contributed by atoms with Gasteiger partial charge in [0.15, 0.2) is 0 Å². The predicted molar refractivity (Wildman–Crippen MR) is 116 cm³/mol. The van der Waals surface area contributed by atoms with Gasteiger partial charge in [0, 0.05) is 22.5 Å². The van der Waals surface area contributed by atoms with Gasteiger partial charge in [-0.1, -0.05) is 36.4 Å². The minimum absolute atomic E-state index is 0.253. The fraction of sp³-hybridized carbons (Fsp3) is 0.0417. The normalized spacial score (nSPS) is 11.3. The van der Waals surface area contributed by atoms with Gasteiger partial charge < -0.3 is 9.52 Å². The number of fused-ring (bicyclic) bond motifs is 2. The van der Waals surface area contributed by atoms with E-state index < -0.39 is 0 Å². The summed E-state index contributed by atoms with van der Waals surface area (Å²) in [6.07, 6.45) is 2.56. The summed E-state index contributed by atoms with van der Waals surface area (Å²) in [5.74, 6) is 1.09. The summed E-state index contributed by atoms with van der Waals surface area (Å²) in [6.45, 7) is 0. The lowest BCUT2D eigenvalue weighted by molar-refractivity contribution is 0.471. The Morgan fingerprint density at radius 2 is 1.82 bits per heavy atom. The first-order chi connectivity index (χ1) is 13.7. The lowest BCUT2D eigenvalue weighted by atomic mass is 9.99. The number of pyridine rings is 1. The number of para-hydroxylation sites is 1. The molecule has 0 fully saturated rings. The number of aromatic hydroxyl groups is 1. The number of furan rings is 1. The van der Waals surface area contributed by atoms with Gasteiger partial charge in [0.25, 0.3) is 0 Å². The SMILES string of the molecule is Oc1cc(Cc2ccnc3cc(-c4cc5ccccc5o4)ccc23)ccc1Br. The summed E-state index contributed by atoms with van der Waals surface area (Å²) in [4.78, 5) is 4.56. The number of hydrogen-bond acceptors (Lipinski definition) is 3. The molecule has 5 aromatic rings. The molecular weight excluding hydrogens is 414 g/mol. The van der Waals surface area contributed by atoms with E-state index in [0.29, 0.717) is 4.47 Å². The van der Waals surface area contributed by atoms with Crippen molar-refractivity contribution in [2.24, 2.45) is 0 Å². The van der Waals surface area contributed by atoms with Crippen LogP contribution in [-0.4, -0.2) is 10.1 Å². The largest absolute Gasteiger partial charge is 0.507 e. The van der Waals surface area contributed by atoms with Crippen molar-refractivity contribution >= 4 is 37.8 Å². The molecule has 2 heterocycles. The summed E-state index contributed by atoms with van der Waals surface area (Å²) >= 11 is 3.33. The Labute approximate surface area is 170 Å². The van der Waals surface area contributed by atoms with E-state index >= 15 is 0 Å². The quantitative estimate of drug-likeness (QED) is 0.346. The summed E-state index contributed by atoms with van der Waals surface area (Å²) in [5, 5.41) is 12.1. The van der Waals surface area contributed by atoms with Crippen LogP contribution in [0.4, 0.5) is 0 Å². The van der Waals surface area contributed by atoms with Crippen LogP contribution < -0.4 is 0 Å². The summed E-state index contributed by atoms with van der Waals surface area (Å²) in [6, 6.07) is 24.0. The predicted octanol–water partition coefficient (Wildman–Crippen LogP) is 6.71. The van der Waals surface area contributed by atoms with E-state index in [1.165, 1.54) is 5.56 Å². The van der Waals surface area contributed by atoms with Crippen LogP contribution in [0.2, 0.25) is 0 Å². The molecule has 0 amide bonds. The van der Waals surface area contributed by atoms with Crippen LogP contribution in [0.3, 0.4) is 0 Å². The van der Waals surface area contributed by atoms with Gasteiger partial charge in [-0.3, -0.25) is 4.98 Å². The first-order valence-electron chi connectivity index (χ1n) is 9.01. The van der Waals surface area contributed by atoms with Crippen molar-refractivity contribution in [2.45, 2.75) is 6.42 Å². The third-order valence-corrected chi connectivity index (χ3v) is 5.62. The molecule has 1 N–H and O–H groups in total. The Morgan fingerprint density at radius 1 is 0.929 bits per heavy atom. The Hall–Kier alpha value is -3.11. The van der Waals surface area contributed by atoms with Crippen LogP contribution in [0.5, 0.6) is 5.75 Å². The topological polar surface area (TPSA) is 46.3 Å². The Bertz CT molecular complexity index is 1290. The molecular formula is C24H16BrNO2. The van der Waals surface area contributed by atoms with Crippen LogP contribution >= 0.6 is 15.9 Å². The molecule has 2 aromatic heterocycles. The van der Waals surface area contributed by atoms with Gasteiger partial charge >= 0.3 is 0 Å². The highest BCUT2D eigenvalue weighted by Gasteiger charge is 2.10. The molecule has 28 heavy (non-hydrogen) atoms. The van der Waals surface area contributed by atoms with E-state index in [-0.39, 0.29) is 5.75 Å². The standard InChI is InChI=1S/C24H16BrNO2/c25-20-8-5-15(12-22(20)27)11-16-9-10-26-21-13-18(6-7-19(16)21)24-14-17-3-1-2-4-23(17)28-24/h1-10,12-14,27H,11H2. The minimum atomic E-state index is 0.253. The van der Waals surface area contributed by atoms with Gasteiger partial charge in [0.1, 0.15) is 17.1 Å². The second kappa shape index (κ2) is 6.80. The molecule has 0 bridgehead atoms. The van der Waals surface area contributed by atoms with Gasteiger partial charge in [0.2, 0.25) is 0 Å². The second-order valence-corrected chi connectivity index (χ2v) is 7.67. The summed E-state index contributed by atoms with van der Waals surface area (Å²) in [5.41, 5.74) is 5.04. The molecule has 0 spiro atoms. The smallest absolute Gasteiger partial charge is 0.135 e. The maximum absolute atomic E-state index is 9.94. The van der Waals surface area contributed by atoms with Gasteiger partial charge in [-0.25, -0.2) is 0 Å². The maximum Gasteiger partial charge on any atom is 0.135 e. The maximum atomic E-state index is 9.94. The van der Waals surface area contributed by atoms with Crippen molar-refractivity contribution in [1.29, 1.82) is 0 Å². The molecule has 0 saturated carbocycles. The van der Waals surface area contributed by atoms with Crippen molar-refractivity contribution in [1.82, 2.24) is 4.98 Å². The van der Waals surface area contributed by atoms with E-state index in [0.717, 1.165) is 45.2 Å². The minimum Gasteiger partial charge on any atom is -0.507 e. The van der Waals surface area contributed by atoms with Crippen molar-refractivity contribution in [2.75, 3.05) is 0 Å². The number of nitrogens with zero attached hydrogens (tertiary/aromatic N) is 1. The number of hydrogen-bond donors (Lipinski definition) is 1. The third kappa shape index (κ3) is 3.06. The summed E-state index contributed by atoms with van der Waals surface area (Å²) in [7, 11) is 0. The zero-order valence-corrected chi connectivity index (χ0v) is 16.5. The highest BCUT2D eigenvalue weighted by atomic mass is 79.9. The molecule has 0 aliphatic rings. The third-order valence-electron chi connectivity index (χ3n) is 4.95. The molecule has 0 aliphatic carbocycles. The van der Waals surface area contributed by atoms with Crippen LogP contribution in [0.25, 0.3) is 33.2 Å². The molecule has 3 nitrogen and oxygen atoms in total. The lowest BCUT2D eigenvalue weighted by Gasteiger charge is -2.08. The van der Waals surface area contributed by atoms with Crippen molar-refractivity contribution in [3.63, 3.8) is 0 Å². The molecule has 0 saturated heterocycles. The molecule has 0 aliphatic heterocycles. The fourth-order valence-electron chi connectivity index (χ4n) is 3.53. The average Bonchev–Trinajstić information content (AvgIpc) is 3.15. The lowest BCUT2D eigenvalue weighted by Crippen LogP contribution is -1.92. The van der Waals surface area contributed by atoms with Crippen LogP contribution in [0.1, 0.15) is 11.1 Å². The Balaban J connectivity index is 1.55. The second-order valence-electron chi connectivity index (χ2n) is 6.81. The van der Waals surface area contributed by atoms with E-state index in [4.69, 9.17) is 4.42 Å². The first kappa shape index (κ1) is 17.0. The number of phenols is 1. The van der Waals surface area contributed by atoms with E-state index in [2.05, 4.69) is 45.2 Å². The fourth-order valence-corrected chi connectivity index (χ4v) is 3.77. The van der Waals surface area contributed by atoms with Crippen molar-refractivity contribution in [3.8, 4) is 17.1 Å². The highest BCUT2D eigenvalue weighted by Crippen LogP contribution is 2.31. The van der Waals surface area contributed by atoms with Crippen LogP contribution in [0, 0.1) is 0 Å². The van der Waals surface area contributed by atoms with Crippen molar-refractivity contribution in [3.05, 3.63) is 94.6 Å². The number of halogens is 1. The molecule has 5 rings (SSSR count). The van der Waals surface area contributed by atoms with Gasteiger partial charge in [-0.05, 0) is 69.9 Å². The monoisotopic (exact) mass is 429 g/mol. The molecule has 0 unspecified atom stereocenters. The summed E-state index contributed by atoms with van der Waals surface area (Å²) < 4.78 is 6.69. The zero-order chi connectivity index (χ0) is 19.1. The number of phenolic OH excluding ortho intramolecular Hbond substituents is 1. The van der Waals surface area contributed by atoms with Crippen LogP contribution in [0.15, 0.2) is 87.9 Å². The number of benzene rings is 3. The molecule has 0 radical (unpaired) electrons. The molecule has 3 aromatic carbocycles. The average molecular weight is 430 g/mol. The number of rotatable bonds is 3. The Morgan fingerprint density at radius 3 is 2.68 bits per heavy atom. The van der Waals surface area contributed by atoms with E-state index in [1.807, 2.05) is 48.7 Å². The Kier molecular flexibility index (Phi) is 4.14. The number of aromatic nitrogens is 1. The van der Waals surface area contributed by atoms with Crippen molar-refractivity contribution < 1.29 is 9.52 Å².